The second-order valence-corrected chi connectivity index (χ2v) is 2.50. The molecule has 1 aliphatic heterocycles. The SMILES string of the molecule is CCOC1=NC(=N)SC1. The summed E-state index contributed by atoms with van der Waals surface area (Å²) in [5.41, 5.74) is 0. The number of ether oxygens (including phenoxy) is 1. The maximum absolute atomic E-state index is 7.05. The van der Waals surface area contributed by atoms with E-state index in [4.69, 9.17) is 10.1 Å². The van der Waals surface area contributed by atoms with Crippen molar-refractivity contribution in [3.8, 4) is 0 Å². The number of hydrogen-bond acceptors (Lipinski definition) is 3. The summed E-state index contributed by atoms with van der Waals surface area (Å²) >= 11 is 1.40. The monoisotopic (exact) mass is 144 g/mol. The maximum Gasteiger partial charge on any atom is 0.201 e. The normalized spacial score (nSPS) is 17.9. The molecule has 0 saturated carbocycles. The minimum atomic E-state index is 0.360. The van der Waals surface area contributed by atoms with Crippen molar-refractivity contribution in [3.05, 3.63) is 0 Å². The molecule has 0 spiro atoms. The highest BCUT2D eigenvalue weighted by Gasteiger charge is 2.11. The smallest absolute Gasteiger partial charge is 0.201 e. The highest BCUT2D eigenvalue weighted by atomic mass is 32.2. The van der Waals surface area contributed by atoms with Crippen LogP contribution in [0.1, 0.15) is 6.92 Å². The predicted octanol–water partition coefficient (Wildman–Crippen LogP) is 1.10. The summed E-state index contributed by atoms with van der Waals surface area (Å²) in [6.07, 6.45) is 0. The fraction of sp³-hybridized carbons (Fsp3) is 0.600. The third kappa shape index (κ3) is 1.71. The first-order valence-corrected chi connectivity index (χ1v) is 3.73. The van der Waals surface area contributed by atoms with Crippen molar-refractivity contribution < 1.29 is 4.74 Å². The van der Waals surface area contributed by atoms with E-state index in [0.717, 1.165) is 5.75 Å². The third-order valence-corrected chi connectivity index (χ3v) is 1.63. The molecule has 3 nitrogen and oxygen atoms in total. The Balaban J connectivity index is 2.42. The molecule has 1 N–H and O–H groups in total. The van der Waals surface area contributed by atoms with Gasteiger partial charge in [-0.2, -0.15) is 4.99 Å². The van der Waals surface area contributed by atoms with Gasteiger partial charge >= 0.3 is 0 Å². The Hall–Kier alpha value is -0.510. The van der Waals surface area contributed by atoms with Crippen LogP contribution in [0.2, 0.25) is 0 Å². The topological polar surface area (TPSA) is 45.4 Å². The molecular formula is C5H8N2OS. The van der Waals surface area contributed by atoms with Crippen LogP contribution < -0.4 is 0 Å². The number of nitrogens with zero attached hydrogens (tertiary/aromatic N) is 1. The lowest BCUT2D eigenvalue weighted by Gasteiger charge is -1.96. The van der Waals surface area contributed by atoms with Crippen LogP contribution in [0.4, 0.5) is 0 Å². The van der Waals surface area contributed by atoms with Crippen LogP contribution in [0.25, 0.3) is 0 Å². The van der Waals surface area contributed by atoms with Crippen molar-refractivity contribution in [3.63, 3.8) is 0 Å². The molecule has 50 valence electrons. The molecule has 0 bridgehead atoms. The Bertz CT molecular complexity index is 155. The van der Waals surface area contributed by atoms with Gasteiger partial charge in [-0.05, 0) is 6.92 Å². The van der Waals surface area contributed by atoms with Crippen molar-refractivity contribution in [2.24, 2.45) is 4.99 Å². The number of aliphatic imine (C=N–C) groups is 1. The molecule has 1 aliphatic rings. The van der Waals surface area contributed by atoms with Crippen LogP contribution >= 0.6 is 11.8 Å². The van der Waals surface area contributed by atoms with Crippen molar-refractivity contribution >= 4 is 22.8 Å². The molecule has 0 unspecified atom stereocenters. The van der Waals surface area contributed by atoms with Crippen molar-refractivity contribution in [1.82, 2.24) is 0 Å². The molecule has 0 aliphatic carbocycles. The summed E-state index contributed by atoms with van der Waals surface area (Å²) in [4.78, 5) is 3.82. The van der Waals surface area contributed by atoms with E-state index < -0.39 is 0 Å². The van der Waals surface area contributed by atoms with Gasteiger partial charge in [0.1, 0.15) is 0 Å². The zero-order valence-electron chi connectivity index (χ0n) is 5.18. The predicted molar refractivity (Wildman–Crippen MR) is 39.2 cm³/mol. The van der Waals surface area contributed by atoms with Gasteiger partial charge < -0.3 is 4.74 Å². The summed E-state index contributed by atoms with van der Waals surface area (Å²) in [5, 5.41) is 7.41. The van der Waals surface area contributed by atoms with Crippen LogP contribution in [-0.2, 0) is 4.74 Å². The molecule has 0 fully saturated rings. The Morgan fingerprint density at radius 3 is 3.11 bits per heavy atom. The second kappa shape index (κ2) is 2.87. The third-order valence-electron chi connectivity index (χ3n) is 0.870. The molecule has 0 aromatic rings. The summed E-state index contributed by atoms with van der Waals surface area (Å²) < 4.78 is 5.06. The Kier molecular flexibility index (Phi) is 2.10. The molecule has 0 radical (unpaired) electrons. The van der Waals surface area contributed by atoms with Gasteiger partial charge in [0.15, 0.2) is 5.17 Å². The average Bonchev–Trinajstić information content (AvgIpc) is 2.17. The van der Waals surface area contributed by atoms with Gasteiger partial charge in [-0.3, -0.25) is 5.41 Å². The van der Waals surface area contributed by atoms with Gasteiger partial charge in [-0.15, -0.1) is 0 Å². The van der Waals surface area contributed by atoms with Gasteiger partial charge in [0, 0.05) is 0 Å². The Labute approximate surface area is 58.0 Å². The van der Waals surface area contributed by atoms with E-state index in [1.807, 2.05) is 6.92 Å². The van der Waals surface area contributed by atoms with Crippen LogP contribution in [0.15, 0.2) is 4.99 Å². The fourth-order valence-corrected chi connectivity index (χ4v) is 1.12. The van der Waals surface area contributed by atoms with E-state index in [-0.39, 0.29) is 0 Å². The lowest BCUT2D eigenvalue weighted by molar-refractivity contribution is 0.327. The maximum atomic E-state index is 7.05. The largest absolute Gasteiger partial charge is 0.480 e. The number of hydrogen-bond donors (Lipinski definition) is 1. The summed E-state index contributed by atoms with van der Waals surface area (Å²) in [6, 6.07) is 0. The molecule has 0 amide bonds. The number of thioether (sulfide) groups is 1. The van der Waals surface area contributed by atoms with Crippen LogP contribution in [0.5, 0.6) is 0 Å². The van der Waals surface area contributed by atoms with Crippen molar-refractivity contribution in [1.29, 1.82) is 5.41 Å². The second-order valence-electron chi connectivity index (χ2n) is 1.53. The molecule has 4 heteroatoms. The average molecular weight is 144 g/mol. The molecule has 1 heterocycles. The van der Waals surface area contributed by atoms with Crippen molar-refractivity contribution in [2.75, 3.05) is 12.4 Å². The Morgan fingerprint density at radius 1 is 1.89 bits per heavy atom. The first-order valence-electron chi connectivity index (χ1n) is 2.74. The summed E-state index contributed by atoms with van der Waals surface area (Å²) in [6.45, 7) is 2.56. The number of nitrogens with one attached hydrogen (secondary N) is 1. The lowest BCUT2D eigenvalue weighted by atomic mass is 10.7. The van der Waals surface area contributed by atoms with Gasteiger partial charge in [0.25, 0.3) is 0 Å². The number of amidine groups is 1. The van der Waals surface area contributed by atoms with E-state index in [1.54, 1.807) is 0 Å². The van der Waals surface area contributed by atoms with Gasteiger partial charge in [-0.1, -0.05) is 11.8 Å². The van der Waals surface area contributed by atoms with Gasteiger partial charge in [0.2, 0.25) is 5.90 Å². The van der Waals surface area contributed by atoms with E-state index in [2.05, 4.69) is 4.99 Å². The van der Waals surface area contributed by atoms with Gasteiger partial charge in [-0.25, -0.2) is 0 Å². The fourth-order valence-electron chi connectivity index (χ4n) is 0.548. The standard InChI is InChI=1S/C5H8N2OS/c1-2-8-4-3-9-5(6)7-4/h6H,2-3H2,1H3. The highest BCUT2D eigenvalue weighted by Crippen LogP contribution is 2.12. The minimum absolute atomic E-state index is 0.360. The first-order chi connectivity index (χ1) is 4.33. The van der Waals surface area contributed by atoms with Gasteiger partial charge in [0.05, 0.1) is 12.4 Å². The summed E-state index contributed by atoms with van der Waals surface area (Å²) in [7, 11) is 0. The molecule has 9 heavy (non-hydrogen) atoms. The quantitative estimate of drug-likeness (QED) is 0.599. The number of rotatable bonds is 1. The molecule has 1 rings (SSSR count). The summed E-state index contributed by atoms with van der Waals surface area (Å²) in [5.74, 6) is 1.42. The molecular weight excluding hydrogens is 136 g/mol. The molecule has 0 aromatic carbocycles. The molecule has 0 aromatic heterocycles. The zero-order chi connectivity index (χ0) is 6.69. The molecule has 0 saturated heterocycles. The van der Waals surface area contributed by atoms with Crippen molar-refractivity contribution in [2.45, 2.75) is 6.92 Å². The van der Waals surface area contributed by atoms with Crippen LogP contribution in [-0.4, -0.2) is 23.4 Å². The van der Waals surface area contributed by atoms with E-state index in [9.17, 15) is 0 Å². The van der Waals surface area contributed by atoms with E-state index in [0.29, 0.717) is 17.7 Å². The Morgan fingerprint density at radius 2 is 2.67 bits per heavy atom. The lowest BCUT2D eigenvalue weighted by Crippen LogP contribution is -2.02. The molecule has 0 atom stereocenters. The van der Waals surface area contributed by atoms with Crippen LogP contribution in [0.3, 0.4) is 0 Å². The van der Waals surface area contributed by atoms with E-state index in [1.165, 1.54) is 11.8 Å². The highest BCUT2D eigenvalue weighted by molar-refractivity contribution is 8.14. The van der Waals surface area contributed by atoms with E-state index >= 15 is 0 Å². The van der Waals surface area contributed by atoms with Crippen LogP contribution in [0, 0.1) is 5.41 Å². The first kappa shape index (κ1) is 6.61. The minimum Gasteiger partial charge on any atom is -0.480 e. The zero-order valence-corrected chi connectivity index (χ0v) is 5.99.